The summed E-state index contributed by atoms with van der Waals surface area (Å²) >= 11 is 12.0. The smallest absolute Gasteiger partial charge is 0.242 e. The zero-order valence-corrected chi connectivity index (χ0v) is 11.0. The van der Waals surface area contributed by atoms with Crippen molar-refractivity contribution in [1.82, 2.24) is 5.32 Å². The Balaban J connectivity index is 2.40. The summed E-state index contributed by atoms with van der Waals surface area (Å²) < 4.78 is 0. The SMILES string of the molecule is CC(NC1CC1)(C(N)=O)c1ccc(Cl)cc1Cl. The Kier molecular flexibility index (Phi) is 3.34. The van der Waals surface area contributed by atoms with Gasteiger partial charge in [0.25, 0.3) is 0 Å². The van der Waals surface area contributed by atoms with E-state index in [1.165, 1.54) is 0 Å². The van der Waals surface area contributed by atoms with E-state index >= 15 is 0 Å². The molecule has 1 atom stereocenters. The van der Waals surface area contributed by atoms with Crippen molar-refractivity contribution in [2.75, 3.05) is 0 Å². The summed E-state index contributed by atoms with van der Waals surface area (Å²) in [6.07, 6.45) is 2.13. The molecule has 1 aliphatic carbocycles. The van der Waals surface area contributed by atoms with Gasteiger partial charge in [0, 0.05) is 21.7 Å². The van der Waals surface area contributed by atoms with E-state index in [2.05, 4.69) is 5.32 Å². The third-order valence-corrected chi connectivity index (χ3v) is 3.58. The number of hydrogen-bond acceptors (Lipinski definition) is 2. The molecule has 1 aromatic rings. The lowest BCUT2D eigenvalue weighted by molar-refractivity contribution is -0.124. The Labute approximate surface area is 110 Å². The molecule has 1 unspecified atom stereocenters. The minimum Gasteiger partial charge on any atom is -0.368 e. The van der Waals surface area contributed by atoms with E-state index in [1.54, 1.807) is 25.1 Å². The molecule has 17 heavy (non-hydrogen) atoms. The second-order valence-corrected chi connectivity index (χ2v) is 5.38. The van der Waals surface area contributed by atoms with Crippen LogP contribution in [0.1, 0.15) is 25.3 Å². The van der Waals surface area contributed by atoms with Crippen LogP contribution in [0.3, 0.4) is 0 Å². The van der Waals surface area contributed by atoms with Crippen LogP contribution < -0.4 is 11.1 Å². The summed E-state index contributed by atoms with van der Waals surface area (Å²) in [4.78, 5) is 11.7. The van der Waals surface area contributed by atoms with Crippen molar-refractivity contribution in [3.63, 3.8) is 0 Å². The quantitative estimate of drug-likeness (QED) is 0.885. The highest BCUT2D eigenvalue weighted by molar-refractivity contribution is 6.35. The third-order valence-electron chi connectivity index (χ3n) is 3.03. The molecular formula is C12H14Cl2N2O. The molecule has 1 amide bonds. The number of rotatable bonds is 4. The molecule has 1 aromatic carbocycles. The lowest BCUT2D eigenvalue weighted by atomic mass is 9.91. The van der Waals surface area contributed by atoms with Crippen molar-refractivity contribution < 1.29 is 4.79 Å². The largest absolute Gasteiger partial charge is 0.368 e. The lowest BCUT2D eigenvalue weighted by Crippen LogP contribution is -2.51. The van der Waals surface area contributed by atoms with E-state index in [9.17, 15) is 4.79 Å². The molecule has 0 saturated heterocycles. The fraction of sp³-hybridized carbons (Fsp3) is 0.417. The van der Waals surface area contributed by atoms with Crippen LogP contribution in [0, 0.1) is 0 Å². The van der Waals surface area contributed by atoms with Gasteiger partial charge in [0.15, 0.2) is 0 Å². The summed E-state index contributed by atoms with van der Waals surface area (Å²) in [7, 11) is 0. The molecule has 0 aliphatic heterocycles. The second kappa shape index (κ2) is 4.48. The van der Waals surface area contributed by atoms with Gasteiger partial charge in [-0.1, -0.05) is 29.3 Å². The molecule has 1 aliphatic rings. The van der Waals surface area contributed by atoms with Crippen molar-refractivity contribution in [1.29, 1.82) is 0 Å². The fourth-order valence-electron chi connectivity index (χ4n) is 1.81. The Bertz CT molecular complexity index is 460. The van der Waals surface area contributed by atoms with Gasteiger partial charge in [0.1, 0.15) is 5.54 Å². The van der Waals surface area contributed by atoms with Gasteiger partial charge in [-0.05, 0) is 31.9 Å². The van der Waals surface area contributed by atoms with Gasteiger partial charge < -0.3 is 5.73 Å². The van der Waals surface area contributed by atoms with Gasteiger partial charge in [-0.25, -0.2) is 0 Å². The monoisotopic (exact) mass is 272 g/mol. The van der Waals surface area contributed by atoms with Gasteiger partial charge in [-0.15, -0.1) is 0 Å². The van der Waals surface area contributed by atoms with Crippen molar-refractivity contribution in [3.05, 3.63) is 33.8 Å². The number of hydrogen-bond donors (Lipinski definition) is 2. The summed E-state index contributed by atoms with van der Waals surface area (Å²) in [5, 5.41) is 4.23. The van der Waals surface area contributed by atoms with Gasteiger partial charge >= 0.3 is 0 Å². The lowest BCUT2D eigenvalue weighted by Gasteiger charge is -2.29. The molecule has 2 rings (SSSR count). The van der Waals surface area contributed by atoms with Crippen molar-refractivity contribution in [3.8, 4) is 0 Å². The number of nitrogens with one attached hydrogen (secondary N) is 1. The zero-order valence-electron chi connectivity index (χ0n) is 9.47. The van der Waals surface area contributed by atoms with E-state index in [4.69, 9.17) is 28.9 Å². The molecule has 1 fully saturated rings. The van der Waals surface area contributed by atoms with E-state index in [1.807, 2.05) is 0 Å². The predicted octanol–water partition coefficient (Wildman–Crippen LogP) is 2.45. The molecule has 92 valence electrons. The minimum atomic E-state index is -0.942. The van der Waals surface area contributed by atoms with Crippen LogP contribution in [-0.4, -0.2) is 11.9 Å². The predicted molar refractivity (Wildman–Crippen MR) is 69.2 cm³/mol. The van der Waals surface area contributed by atoms with Gasteiger partial charge in [-0.3, -0.25) is 10.1 Å². The van der Waals surface area contributed by atoms with Crippen molar-refractivity contribution in [2.24, 2.45) is 5.73 Å². The fourth-order valence-corrected chi connectivity index (χ4v) is 2.41. The van der Waals surface area contributed by atoms with E-state index < -0.39 is 11.4 Å². The highest BCUT2D eigenvalue weighted by Gasteiger charge is 2.39. The summed E-state index contributed by atoms with van der Waals surface area (Å²) in [6, 6.07) is 5.41. The van der Waals surface area contributed by atoms with Crippen molar-refractivity contribution >= 4 is 29.1 Å². The molecule has 0 bridgehead atoms. The van der Waals surface area contributed by atoms with E-state index in [0.717, 1.165) is 12.8 Å². The second-order valence-electron chi connectivity index (χ2n) is 4.53. The maximum atomic E-state index is 11.7. The number of amides is 1. The van der Waals surface area contributed by atoms with Gasteiger partial charge in [0.2, 0.25) is 5.91 Å². The van der Waals surface area contributed by atoms with Crippen LogP contribution in [0.5, 0.6) is 0 Å². The first-order valence-electron chi connectivity index (χ1n) is 5.46. The molecule has 0 heterocycles. The number of halogens is 2. The molecule has 1 saturated carbocycles. The summed E-state index contributed by atoms with van der Waals surface area (Å²) in [6.45, 7) is 1.75. The van der Waals surface area contributed by atoms with Crippen LogP contribution in [-0.2, 0) is 10.3 Å². The maximum absolute atomic E-state index is 11.7. The molecule has 0 spiro atoms. The van der Waals surface area contributed by atoms with Crippen LogP contribution in [0.15, 0.2) is 18.2 Å². The van der Waals surface area contributed by atoms with E-state index in [-0.39, 0.29) is 0 Å². The number of carbonyl (C=O) groups excluding carboxylic acids is 1. The zero-order chi connectivity index (χ0) is 12.6. The first-order valence-corrected chi connectivity index (χ1v) is 6.22. The summed E-state index contributed by atoms with van der Waals surface area (Å²) in [5.41, 5.74) is 5.22. The minimum absolute atomic E-state index is 0.347. The Morgan fingerprint density at radius 3 is 2.59 bits per heavy atom. The number of primary amides is 1. The Morgan fingerprint density at radius 1 is 1.47 bits per heavy atom. The van der Waals surface area contributed by atoms with Crippen LogP contribution in [0.4, 0.5) is 0 Å². The topological polar surface area (TPSA) is 55.1 Å². The Morgan fingerprint density at radius 2 is 2.12 bits per heavy atom. The average molecular weight is 273 g/mol. The van der Waals surface area contributed by atoms with E-state index in [0.29, 0.717) is 21.7 Å². The van der Waals surface area contributed by atoms with Crippen LogP contribution in [0.25, 0.3) is 0 Å². The average Bonchev–Trinajstić information content (AvgIpc) is 3.00. The van der Waals surface area contributed by atoms with Crippen LogP contribution >= 0.6 is 23.2 Å². The normalized spacial score (nSPS) is 18.8. The van der Waals surface area contributed by atoms with Gasteiger partial charge in [0.05, 0.1) is 0 Å². The first kappa shape index (κ1) is 12.7. The highest BCUT2D eigenvalue weighted by atomic mass is 35.5. The standard InChI is InChI=1S/C12H14Cl2N2O/c1-12(11(15)17,16-8-3-4-8)9-5-2-7(13)6-10(9)14/h2,5-6,8,16H,3-4H2,1H3,(H2,15,17). The molecule has 5 heteroatoms. The molecular weight excluding hydrogens is 259 g/mol. The maximum Gasteiger partial charge on any atom is 0.242 e. The molecule has 3 nitrogen and oxygen atoms in total. The number of carbonyl (C=O) groups is 1. The number of benzene rings is 1. The van der Waals surface area contributed by atoms with Crippen molar-refractivity contribution in [2.45, 2.75) is 31.3 Å². The molecule has 3 N–H and O–H groups in total. The van der Waals surface area contributed by atoms with Gasteiger partial charge in [-0.2, -0.15) is 0 Å². The summed E-state index contributed by atoms with van der Waals surface area (Å²) in [5.74, 6) is -0.436. The Hall–Kier alpha value is -0.770. The molecule has 0 radical (unpaired) electrons. The third kappa shape index (κ3) is 2.57. The highest BCUT2D eigenvalue weighted by Crippen LogP contribution is 2.33. The number of nitrogens with two attached hydrogens (primary N) is 1. The first-order chi connectivity index (χ1) is 7.93. The van der Waals surface area contributed by atoms with Crippen LogP contribution in [0.2, 0.25) is 10.0 Å². The molecule has 0 aromatic heterocycles.